The Labute approximate surface area is 282 Å². The summed E-state index contributed by atoms with van der Waals surface area (Å²) in [5.74, 6) is 0. The van der Waals surface area contributed by atoms with Crippen LogP contribution in [0.2, 0.25) is 0 Å². The summed E-state index contributed by atoms with van der Waals surface area (Å²) < 4.78 is 2.27. The smallest absolute Gasteiger partial charge is 0.0531 e. The van der Waals surface area contributed by atoms with E-state index in [-0.39, 0.29) is 0 Å². The zero-order valence-corrected chi connectivity index (χ0v) is 27.1. The molecule has 0 amide bonds. The highest BCUT2D eigenvalue weighted by Crippen LogP contribution is 2.41. The number of para-hydroxylation sites is 1. The SMILES string of the molecule is Cc1ccc(N(c2ccc(-c3ccccc3)cc2)c2ccc(-c3cccnc3)cc2)cc1-c1ccc2c(ccn2-c2ccccc2)c1C. The van der Waals surface area contributed by atoms with Gasteiger partial charge in [0.15, 0.2) is 0 Å². The van der Waals surface area contributed by atoms with Crippen LogP contribution in [-0.4, -0.2) is 9.55 Å². The Morgan fingerprint density at radius 3 is 1.77 bits per heavy atom. The first kappa shape index (κ1) is 29.2. The lowest BCUT2D eigenvalue weighted by atomic mass is 9.93. The number of pyridine rings is 1. The second-order valence-electron chi connectivity index (χ2n) is 12.2. The molecule has 0 bridgehead atoms. The summed E-state index contributed by atoms with van der Waals surface area (Å²) in [5, 5.41) is 1.26. The Kier molecular flexibility index (Phi) is 7.64. The third-order valence-corrected chi connectivity index (χ3v) is 9.30. The second kappa shape index (κ2) is 12.5. The number of hydrogen-bond donors (Lipinski definition) is 0. The van der Waals surface area contributed by atoms with Crippen LogP contribution in [0.15, 0.2) is 176 Å². The summed E-state index contributed by atoms with van der Waals surface area (Å²) in [6.45, 7) is 4.45. The molecular weight excluding hydrogens is 583 g/mol. The highest BCUT2D eigenvalue weighted by molar-refractivity contribution is 5.93. The van der Waals surface area contributed by atoms with Gasteiger partial charge in [-0.3, -0.25) is 4.98 Å². The van der Waals surface area contributed by atoms with Crippen LogP contribution in [-0.2, 0) is 0 Å². The molecule has 0 aliphatic heterocycles. The summed E-state index contributed by atoms with van der Waals surface area (Å²) in [6.07, 6.45) is 5.90. The lowest BCUT2D eigenvalue weighted by Gasteiger charge is -2.27. The van der Waals surface area contributed by atoms with E-state index in [1.165, 1.54) is 50.0 Å². The molecule has 0 aliphatic carbocycles. The third kappa shape index (κ3) is 5.46. The molecule has 0 N–H and O–H groups in total. The molecule has 0 saturated heterocycles. The minimum atomic E-state index is 1.09. The number of nitrogens with zero attached hydrogens (tertiary/aromatic N) is 3. The number of benzene rings is 6. The van der Waals surface area contributed by atoms with Gasteiger partial charge in [0.1, 0.15) is 0 Å². The predicted molar refractivity (Wildman–Crippen MR) is 202 cm³/mol. The van der Waals surface area contributed by atoms with E-state index in [0.717, 1.165) is 28.2 Å². The van der Waals surface area contributed by atoms with Gasteiger partial charge in [-0.2, -0.15) is 0 Å². The predicted octanol–water partition coefficient (Wildman–Crippen LogP) is 12.1. The quantitative estimate of drug-likeness (QED) is 0.177. The summed E-state index contributed by atoms with van der Waals surface area (Å²) in [4.78, 5) is 6.68. The van der Waals surface area contributed by atoms with E-state index >= 15 is 0 Å². The molecule has 3 heteroatoms. The Hall–Kier alpha value is -6.19. The van der Waals surface area contributed by atoms with Crippen LogP contribution in [0, 0.1) is 13.8 Å². The minimum absolute atomic E-state index is 1.09. The van der Waals surface area contributed by atoms with Crippen molar-refractivity contribution in [1.29, 1.82) is 0 Å². The van der Waals surface area contributed by atoms with E-state index in [2.05, 4.69) is 186 Å². The van der Waals surface area contributed by atoms with Crippen LogP contribution in [0.3, 0.4) is 0 Å². The first-order valence-corrected chi connectivity index (χ1v) is 16.4. The van der Waals surface area contributed by atoms with Crippen molar-refractivity contribution < 1.29 is 0 Å². The van der Waals surface area contributed by atoms with Gasteiger partial charge in [0.2, 0.25) is 0 Å². The molecule has 0 saturated carbocycles. The number of aryl methyl sites for hydroxylation is 2. The average Bonchev–Trinajstić information content (AvgIpc) is 3.60. The Bertz CT molecular complexity index is 2240. The van der Waals surface area contributed by atoms with E-state index in [1.54, 1.807) is 0 Å². The number of rotatable bonds is 7. The lowest BCUT2D eigenvalue weighted by molar-refractivity contribution is 1.13. The van der Waals surface area contributed by atoms with Crippen LogP contribution >= 0.6 is 0 Å². The number of hydrogen-bond acceptors (Lipinski definition) is 2. The molecular formula is C45H35N3. The number of aromatic nitrogens is 2. The maximum Gasteiger partial charge on any atom is 0.0531 e. The highest BCUT2D eigenvalue weighted by Gasteiger charge is 2.17. The maximum atomic E-state index is 4.32. The van der Waals surface area contributed by atoms with E-state index in [1.807, 2.05) is 18.5 Å². The number of anilines is 3. The van der Waals surface area contributed by atoms with Crippen molar-refractivity contribution in [3.63, 3.8) is 0 Å². The Morgan fingerprint density at radius 2 is 1.10 bits per heavy atom. The van der Waals surface area contributed by atoms with Crippen LogP contribution in [0.1, 0.15) is 11.1 Å². The van der Waals surface area contributed by atoms with Gasteiger partial charge < -0.3 is 9.47 Å². The molecule has 48 heavy (non-hydrogen) atoms. The summed E-state index contributed by atoms with van der Waals surface area (Å²) >= 11 is 0. The Balaban J connectivity index is 1.23. The van der Waals surface area contributed by atoms with Gasteiger partial charge >= 0.3 is 0 Å². The van der Waals surface area contributed by atoms with E-state index in [4.69, 9.17) is 0 Å². The van der Waals surface area contributed by atoms with Crippen molar-refractivity contribution in [1.82, 2.24) is 9.55 Å². The van der Waals surface area contributed by atoms with Gasteiger partial charge in [0.25, 0.3) is 0 Å². The van der Waals surface area contributed by atoms with Gasteiger partial charge in [-0.1, -0.05) is 91.0 Å². The molecule has 0 aliphatic rings. The molecule has 0 atom stereocenters. The molecule has 0 radical (unpaired) electrons. The molecule has 0 fully saturated rings. The van der Waals surface area contributed by atoms with Crippen LogP contribution < -0.4 is 4.90 Å². The Morgan fingerprint density at radius 1 is 0.500 bits per heavy atom. The first-order valence-electron chi connectivity index (χ1n) is 16.4. The van der Waals surface area contributed by atoms with E-state index in [0.29, 0.717) is 0 Å². The summed E-state index contributed by atoms with van der Waals surface area (Å²) in [5.41, 5.74) is 15.3. The van der Waals surface area contributed by atoms with Crippen molar-refractivity contribution in [2.24, 2.45) is 0 Å². The number of fused-ring (bicyclic) bond motifs is 1. The molecule has 0 unspecified atom stereocenters. The van der Waals surface area contributed by atoms with E-state index in [9.17, 15) is 0 Å². The summed E-state index contributed by atoms with van der Waals surface area (Å²) in [7, 11) is 0. The van der Waals surface area contributed by atoms with Crippen LogP contribution in [0.4, 0.5) is 17.1 Å². The monoisotopic (exact) mass is 617 g/mol. The fourth-order valence-electron chi connectivity index (χ4n) is 6.73. The molecule has 8 aromatic rings. The minimum Gasteiger partial charge on any atom is -0.317 e. The molecule has 6 aromatic carbocycles. The largest absolute Gasteiger partial charge is 0.317 e. The van der Waals surface area contributed by atoms with Gasteiger partial charge in [0, 0.05) is 46.7 Å². The molecule has 8 rings (SSSR count). The lowest BCUT2D eigenvalue weighted by Crippen LogP contribution is -2.10. The third-order valence-electron chi connectivity index (χ3n) is 9.30. The zero-order chi connectivity index (χ0) is 32.5. The van der Waals surface area contributed by atoms with Gasteiger partial charge in [-0.05, 0) is 125 Å². The average molecular weight is 618 g/mol. The highest BCUT2D eigenvalue weighted by atomic mass is 15.1. The topological polar surface area (TPSA) is 21.1 Å². The molecule has 3 nitrogen and oxygen atoms in total. The first-order chi connectivity index (χ1) is 23.6. The molecule has 2 heterocycles. The van der Waals surface area contributed by atoms with Crippen LogP contribution in [0.25, 0.3) is 50.0 Å². The second-order valence-corrected chi connectivity index (χ2v) is 12.2. The fraction of sp³-hybridized carbons (Fsp3) is 0.0444. The van der Waals surface area contributed by atoms with Crippen molar-refractivity contribution >= 4 is 28.0 Å². The molecule has 230 valence electrons. The van der Waals surface area contributed by atoms with Crippen molar-refractivity contribution in [3.8, 4) is 39.1 Å². The van der Waals surface area contributed by atoms with Crippen molar-refractivity contribution in [2.45, 2.75) is 13.8 Å². The van der Waals surface area contributed by atoms with Crippen LogP contribution in [0.5, 0.6) is 0 Å². The van der Waals surface area contributed by atoms with Crippen molar-refractivity contribution in [2.75, 3.05) is 4.90 Å². The van der Waals surface area contributed by atoms with Gasteiger partial charge in [-0.15, -0.1) is 0 Å². The maximum absolute atomic E-state index is 4.32. The molecule has 0 spiro atoms. The van der Waals surface area contributed by atoms with E-state index < -0.39 is 0 Å². The summed E-state index contributed by atoms with van der Waals surface area (Å²) in [6, 6.07) is 56.4. The van der Waals surface area contributed by atoms with Gasteiger partial charge in [0.05, 0.1) is 5.52 Å². The van der Waals surface area contributed by atoms with Gasteiger partial charge in [-0.25, -0.2) is 0 Å². The standard InChI is InChI=1S/C45H35N3/c1-32-15-20-41(30-44(32)42-25-26-45-43(33(42)2)27-29-47(45)38-13-7-4-8-14-38)48(39-21-16-35(17-22-39)34-10-5-3-6-11-34)40-23-18-36(19-24-40)37-12-9-28-46-31-37/h3-31H,1-2H3. The fourth-order valence-corrected chi connectivity index (χ4v) is 6.73. The normalized spacial score (nSPS) is 11.1. The van der Waals surface area contributed by atoms with Crippen molar-refractivity contribution in [3.05, 3.63) is 187 Å². The molecule has 2 aromatic heterocycles. The zero-order valence-electron chi connectivity index (χ0n) is 27.1.